The average molecular weight is 257 g/mol. The number of rotatable bonds is 4. The molecule has 1 N–H and O–H groups in total. The number of aliphatic hydroxyl groups excluding tert-OH is 1. The molecule has 1 saturated heterocycles. The van der Waals surface area contributed by atoms with E-state index in [0.717, 1.165) is 0 Å². The van der Waals surface area contributed by atoms with E-state index in [2.05, 4.69) is 0 Å². The van der Waals surface area contributed by atoms with E-state index in [0.29, 0.717) is 16.3 Å². The minimum absolute atomic E-state index is 0.143. The van der Waals surface area contributed by atoms with Gasteiger partial charge in [-0.3, -0.25) is 4.79 Å². The van der Waals surface area contributed by atoms with Gasteiger partial charge in [0.2, 0.25) is 0 Å². The monoisotopic (exact) mass is 256 g/mol. The Kier molecular flexibility index (Phi) is 3.38. The molecule has 1 aliphatic rings. The predicted octanol–water partition coefficient (Wildman–Crippen LogP) is 1.54. The van der Waals surface area contributed by atoms with Gasteiger partial charge in [-0.25, -0.2) is 0 Å². The predicted molar refractivity (Wildman–Crippen MR) is 62.7 cm³/mol. The van der Waals surface area contributed by atoms with Gasteiger partial charge in [0, 0.05) is 5.56 Å². The maximum Gasteiger partial charge on any atom is 0.176 e. The third kappa shape index (κ3) is 2.04. The Labute approximate surface area is 104 Å². The number of Topliss-reactive ketones (excluding diaryl/α,β-unsaturated/α-hetero) is 1. The Morgan fingerprint density at radius 2 is 2.29 bits per heavy atom. The molecule has 1 aromatic carbocycles. The third-order valence-electron chi connectivity index (χ3n) is 2.96. The van der Waals surface area contributed by atoms with Crippen molar-refractivity contribution in [1.29, 1.82) is 0 Å². The van der Waals surface area contributed by atoms with Crippen LogP contribution in [0.4, 0.5) is 0 Å². The fourth-order valence-electron chi connectivity index (χ4n) is 1.76. The summed E-state index contributed by atoms with van der Waals surface area (Å²) in [4.78, 5) is 12.2. The molecule has 17 heavy (non-hydrogen) atoms. The second-order valence-corrected chi connectivity index (χ2v) is 4.52. The van der Waals surface area contributed by atoms with E-state index >= 15 is 0 Å². The second kappa shape index (κ2) is 4.64. The van der Waals surface area contributed by atoms with Gasteiger partial charge in [0.1, 0.15) is 11.2 Å². The first-order valence-corrected chi connectivity index (χ1v) is 5.58. The van der Waals surface area contributed by atoms with Crippen molar-refractivity contribution in [2.75, 3.05) is 26.9 Å². The van der Waals surface area contributed by atoms with Crippen molar-refractivity contribution in [2.45, 2.75) is 0 Å². The first-order valence-electron chi connectivity index (χ1n) is 5.20. The highest BCUT2D eigenvalue weighted by atomic mass is 35.5. The van der Waals surface area contributed by atoms with Gasteiger partial charge in [0.15, 0.2) is 5.78 Å². The van der Waals surface area contributed by atoms with Gasteiger partial charge >= 0.3 is 0 Å². The third-order valence-corrected chi connectivity index (χ3v) is 3.25. The Morgan fingerprint density at radius 3 is 2.71 bits per heavy atom. The second-order valence-electron chi connectivity index (χ2n) is 4.11. The fraction of sp³-hybridized carbons (Fsp3) is 0.417. The topological polar surface area (TPSA) is 55.8 Å². The van der Waals surface area contributed by atoms with Crippen molar-refractivity contribution in [2.24, 2.45) is 5.41 Å². The molecule has 0 bridgehead atoms. The molecule has 1 fully saturated rings. The lowest BCUT2D eigenvalue weighted by atomic mass is 9.79. The van der Waals surface area contributed by atoms with Crippen LogP contribution in [0.5, 0.6) is 5.75 Å². The highest BCUT2D eigenvalue weighted by Gasteiger charge is 2.45. The summed E-state index contributed by atoms with van der Waals surface area (Å²) in [5, 5.41) is 9.66. The zero-order valence-corrected chi connectivity index (χ0v) is 10.2. The fourth-order valence-corrected chi connectivity index (χ4v) is 2.01. The molecule has 0 saturated carbocycles. The van der Waals surface area contributed by atoms with Crippen molar-refractivity contribution >= 4 is 17.4 Å². The summed E-state index contributed by atoms with van der Waals surface area (Å²) in [6, 6.07) is 4.83. The molecule has 0 radical (unpaired) electrons. The van der Waals surface area contributed by atoms with Crippen LogP contribution >= 0.6 is 11.6 Å². The number of hydrogen-bond acceptors (Lipinski definition) is 4. The zero-order chi connectivity index (χ0) is 12.5. The minimum Gasteiger partial charge on any atom is -0.495 e. The van der Waals surface area contributed by atoms with Gasteiger partial charge in [-0.05, 0) is 18.2 Å². The van der Waals surface area contributed by atoms with Crippen LogP contribution in [0.1, 0.15) is 10.4 Å². The summed E-state index contributed by atoms with van der Waals surface area (Å²) in [6.45, 7) is 0.299. The maximum atomic E-state index is 12.2. The Hall–Kier alpha value is -1.10. The van der Waals surface area contributed by atoms with E-state index in [1.807, 2.05) is 0 Å². The molecule has 0 aromatic heterocycles. The van der Waals surface area contributed by atoms with Gasteiger partial charge in [-0.1, -0.05) is 11.6 Å². The lowest BCUT2D eigenvalue weighted by Crippen LogP contribution is -2.51. The van der Waals surface area contributed by atoms with Gasteiger partial charge in [0.05, 0.1) is 32.0 Å². The number of ether oxygens (including phenoxy) is 2. The Bertz CT molecular complexity index is 435. The maximum absolute atomic E-state index is 12.2. The number of ketones is 1. The summed E-state index contributed by atoms with van der Waals surface area (Å²) in [6.07, 6.45) is 0. The van der Waals surface area contributed by atoms with Crippen molar-refractivity contribution in [1.82, 2.24) is 0 Å². The molecule has 0 spiro atoms. The smallest absolute Gasteiger partial charge is 0.176 e. The van der Waals surface area contributed by atoms with Crippen LogP contribution in [0.2, 0.25) is 5.02 Å². The van der Waals surface area contributed by atoms with E-state index in [4.69, 9.17) is 21.1 Å². The minimum atomic E-state index is -0.794. The Morgan fingerprint density at radius 1 is 1.59 bits per heavy atom. The van der Waals surface area contributed by atoms with Crippen LogP contribution in [-0.4, -0.2) is 37.8 Å². The molecular weight excluding hydrogens is 244 g/mol. The summed E-state index contributed by atoms with van der Waals surface area (Å²) in [7, 11) is 1.51. The van der Waals surface area contributed by atoms with Crippen molar-refractivity contribution in [3.8, 4) is 5.75 Å². The molecule has 0 atom stereocenters. The molecule has 4 nitrogen and oxygen atoms in total. The number of carbonyl (C=O) groups is 1. The SMILES string of the molecule is COc1ccc(C(=O)C2(CO)COC2)cc1Cl. The van der Waals surface area contributed by atoms with Crippen LogP contribution in [0.15, 0.2) is 18.2 Å². The van der Waals surface area contributed by atoms with Crippen molar-refractivity contribution in [3.63, 3.8) is 0 Å². The molecule has 1 aliphatic heterocycles. The zero-order valence-electron chi connectivity index (χ0n) is 9.40. The van der Waals surface area contributed by atoms with Crippen LogP contribution in [0.3, 0.4) is 0 Å². The van der Waals surface area contributed by atoms with Gasteiger partial charge in [-0.15, -0.1) is 0 Å². The molecule has 1 heterocycles. The molecule has 92 valence electrons. The standard InChI is InChI=1S/C12H13ClO4/c1-16-10-3-2-8(4-9(10)13)11(15)12(5-14)6-17-7-12/h2-4,14H,5-7H2,1H3. The number of aliphatic hydroxyl groups is 1. The van der Waals surface area contributed by atoms with Crippen LogP contribution in [0.25, 0.3) is 0 Å². The normalized spacial score (nSPS) is 17.4. The largest absolute Gasteiger partial charge is 0.495 e. The van der Waals surface area contributed by atoms with E-state index < -0.39 is 5.41 Å². The highest BCUT2D eigenvalue weighted by Crippen LogP contribution is 2.33. The van der Waals surface area contributed by atoms with E-state index in [9.17, 15) is 9.90 Å². The van der Waals surface area contributed by atoms with Crippen molar-refractivity contribution < 1.29 is 19.4 Å². The number of methoxy groups -OCH3 is 1. The first-order chi connectivity index (χ1) is 8.13. The van der Waals surface area contributed by atoms with Gasteiger partial charge in [-0.2, -0.15) is 0 Å². The average Bonchev–Trinajstić information content (AvgIpc) is 2.28. The van der Waals surface area contributed by atoms with E-state index in [-0.39, 0.29) is 25.6 Å². The van der Waals surface area contributed by atoms with Gasteiger partial charge in [0.25, 0.3) is 0 Å². The van der Waals surface area contributed by atoms with E-state index in [1.165, 1.54) is 7.11 Å². The first kappa shape index (κ1) is 12.4. The number of hydrogen-bond donors (Lipinski definition) is 1. The quantitative estimate of drug-likeness (QED) is 0.831. The molecule has 0 unspecified atom stereocenters. The molecule has 5 heteroatoms. The van der Waals surface area contributed by atoms with Crippen LogP contribution in [0, 0.1) is 5.41 Å². The number of halogens is 1. The lowest BCUT2D eigenvalue weighted by Gasteiger charge is -2.38. The lowest BCUT2D eigenvalue weighted by molar-refractivity contribution is -0.109. The molecule has 2 rings (SSSR count). The highest BCUT2D eigenvalue weighted by molar-refractivity contribution is 6.32. The summed E-state index contributed by atoms with van der Waals surface area (Å²) in [5.41, 5.74) is -0.328. The van der Waals surface area contributed by atoms with Crippen molar-refractivity contribution in [3.05, 3.63) is 28.8 Å². The van der Waals surface area contributed by atoms with Gasteiger partial charge < -0.3 is 14.6 Å². The van der Waals surface area contributed by atoms with Crippen LogP contribution in [-0.2, 0) is 4.74 Å². The Balaban J connectivity index is 2.28. The molecule has 0 aliphatic carbocycles. The summed E-state index contributed by atoms with van der Waals surface area (Å²) < 4.78 is 10.0. The van der Waals surface area contributed by atoms with Crippen LogP contribution < -0.4 is 4.74 Å². The summed E-state index contributed by atoms with van der Waals surface area (Å²) >= 11 is 5.96. The summed E-state index contributed by atoms with van der Waals surface area (Å²) in [5.74, 6) is 0.377. The molecular formula is C12H13ClO4. The van der Waals surface area contributed by atoms with E-state index in [1.54, 1.807) is 18.2 Å². The molecule has 0 amide bonds. The number of benzene rings is 1. The number of carbonyl (C=O) groups excluding carboxylic acids is 1. The molecule has 1 aromatic rings.